The van der Waals surface area contributed by atoms with Crippen molar-refractivity contribution in [2.45, 2.75) is 45.8 Å². The largest absolute Gasteiger partial charge is 0.366 e. The summed E-state index contributed by atoms with van der Waals surface area (Å²) in [5, 5.41) is 1.28. The molecule has 1 amide bonds. The molecule has 2 aromatic carbocycles. The monoisotopic (exact) mass is 421 g/mol. The van der Waals surface area contributed by atoms with Gasteiger partial charge in [0.15, 0.2) is 0 Å². The molecular weight excluding hydrogens is 389 g/mol. The van der Waals surface area contributed by atoms with Crippen molar-refractivity contribution in [3.63, 3.8) is 0 Å². The zero-order chi connectivity index (χ0) is 22.2. The van der Waals surface area contributed by atoms with Crippen LogP contribution in [0.3, 0.4) is 0 Å². The molecule has 0 radical (unpaired) electrons. The number of benzene rings is 2. The maximum Gasteiger partial charge on any atom is 0.248 e. The van der Waals surface area contributed by atoms with Crippen LogP contribution in [0, 0.1) is 12.8 Å². The fourth-order valence-corrected chi connectivity index (χ4v) is 4.95. The van der Waals surface area contributed by atoms with Crippen LogP contribution >= 0.6 is 0 Å². The minimum atomic E-state index is -1.15. The summed E-state index contributed by atoms with van der Waals surface area (Å²) in [6.45, 7) is 8.89. The number of hydrogen-bond acceptors (Lipinski definition) is 2. The quantitative estimate of drug-likeness (QED) is 0.601. The van der Waals surface area contributed by atoms with Crippen molar-refractivity contribution in [2.24, 2.45) is 11.7 Å². The molecule has 4 nitrogen and oxygen atoms in total. The van der Waals surface area contributed by atoms with E-state index in [2.05, 4.69) is 40.7 Å². The molecule has 1 atom stereocenters. The Hall–Kier alpha value is -2.66. The summed E-state index contributed by atoms with van der Waals surface area (Å²) in [5.41, 5.74) is 9.78. The molecular formula is C26H32FN3O. The van der Waals surface area contributed by atoms with E-state index >= 15 is 0 Å². The summed E-state index contributed by atoms with van der Waals surface area (Å²) in [6.07, 6.45) is 1.91. The smallest absolute Gasteiger partial charge is 0.248 e. The predicted molar refractivity (Wildman–Crippen MR) is 124 cm³/mol. The molecule has 0 bridgehead atoms. The minimum Gasteiger partial charge on any atom is -0.366 e. The number of likely N-dealkylation sites (tertiary alicyclic amines) is 1. The third-order valence-corrected chi connectivity index (χ3v) is 6.39. The topological polar surface area (TPSA) is 51.3 Å². The van der Waals surface area contributed by atoms with E-state index < -0.39 is 11.6 Å². The summed E-state index contributed by atoms with van der Waals surface area (Å²) in [7, 11) is 0. The van der Waals surface area contributed by atoms with E-state index in [1.807, 2.05) is 12.1 Å². The number of nitrogens with two attached hydrogens (primary N) is 1. The van der Waals surface area contributed by atoms with E-state index in [0.29, 0.717) is 18.0 Å². The standard InChI is InChI=1S/C26H32FN3O/c1-18-23(14-19-8-10-21(11-9-19)25(28)31)22-6-4-5-7-24(22)30(18)16-20-12-13-29(15-20)17-26(2,3)27/h4-11,20H,12-17H2,1-3H3,(H2,28,31). The molecule has 0 spiro atoms. The highest BCUT2D eigenvalue weighted by atomic mass is 19.1. The second-order valence-electron chi connectivity index (χ2n) is 9.54. The van der Waals surface area contributed by atoms with Gasteiger partial charge in [0.2, 0.25) is 5.91 Å². The second-order valence-corrected chi connectivity index (χ2v) is 9.54. The Labute approximate surface area is 183 Å². The number of nitrogens with zero attached hydrogens (tertiary/aromatic N) is 2. The zero-order valence-electron chi connectivity index (χ0n) is 18.7. The van der Waals surface area contributed by atoms with Gasteiger partial charge in [-0.05, 0) is 75.4 Å². The second kappa shape index (κ2) is 8.46. The lowest BCUT2D eigenvalue weighted by Crippen LogP contribution is -2.34. The van der Waals surface area contributed by atoms with Gasteiger partial charge in [-0.1, -0.05) is 30.3 Å². The van der Waals surface area contributed by atoms with Crippen LogP contribution in [0.2, 0.25) is 0 Å². The van der Waals surface area contributed by atoms with Gasteiger partial charge in [0, 0.05) is 41.8 Å². The first-order valence-corrected chi connectivity index (χ1v) is 11.1. The Bertz CT molecular complexity index is 1080. The third-order valence-electron chi connectivity index (χ3n) is 6.39. The number of para-hydroxylation sites is 1. The van der Waals surface area contributed by atoms with Crippen LogP contribution in [0.1, 0.15) is 47.4 Å². The van der Waals surface area contributed by atoms with E-state index in [1.165, 1.54) is 22.2 Å². The minimum absolute atomic E-state index is 0.402. The molecule has 0 saturated carbocycles. The van der Waals surface area contributed by atoms with Crippen molar-refractivity contribution >= 4 is 16.8 Å². The van der Waals surface area contributed by atoms with Crippen LogP contribution in [0.4, 0.5) is 4.39 Å². The predicted octanol–water partition coefficient (Wildman–Crippen LogP) is 4.71. The molecule has 2 heterocycles. The fourth-order valence-electron chi connectivity index (χ4n) is 4.95. The molecule has 1 fully saturated rings. The van der Waals surface area contributed by atoms with Crippen LogP contribution < -0.4 is 5.73 Å². The molecule has 0 aliphatic carbocycles. The highest BCUT2D eigenvalue weighted by Crippen LogP contribution is 2.31. The highest BCUT2D eigenvalue weighted by Gasteiger charge is 2.29. The van der Waals surface area contributed by atoms with E-state index in [4.69, 9.17) is 5.73 Å². The van der Waals surface area contributed by atoms with Gasteiger partial charge in [0.05, 0.1) is 0 Å². The molecule has 1 aliphatic heterocycles. The SMILES string of the molecule is Cc1c(Cc2ccc(C(N)=O)cc2)c2ccccc2n1CC1CCN(CC(C)(C)F)C1. The Morgan fingerprint density at radius 3 is 2.55 bits per heavy atom. The maximum absolute atomic E-state index is 14.1. The first-order valence-electron chi connectivity index (χ1n) is 11.1. The van der Waals surface area contributed by atoms with Crippen molar-refractivity contribution < 1.29 is 9.18 Å². The highest BCUT2D eigenvalue weighted by molar-refractivity contribution is 5.92. The summed E-state index contributed by atoms with van der Waals surface area (Å²) < 4.78 is 16.5. The van der Waals surface area contributed by atoms with Gasteiger partial charge in [-0.15, -0.1) is 0 Å². The lowest BCUT2D eigenvalue weighted by molar-refractivity contribution is 0.1000. The van der Waals surface area contributed by atoms with Gasteiger partial charge in [0.25, 0.3) is 0 Å². The molecule has 31 heavy (non-hydrogen) atoms. The molecule has 1 unspecified atom stereocenters. The van der Waals surface area contributed by atoms with Crippen LogP contribution in [0.25, 0.3) is 10.9 Å². The lowest BCUT2D eigenvalue weighted by Gasteiger charge is -2.23. The summed E-state index contributed by atoms with van der Waals surface area (Å²) in [6, 6.07) is 16.1. The van der Waals surface area contributed by atoms with Crippen molar-refractivity contribution in [1.29, 1.82) is 0 Å². The Balaban J connectivity index is 1.58. The van der Waals surface area contributed by atoms with Crippen molar-refractivity contribution in [3.05, 3.63) is 70.9 Å². The molecule has 1 aliphatic rings. The number of aromatic nitrogens is 1. The number of alkyl halides is 1. The average molecular weight is 422 g/mol. The molecule has 3 aromatic rings. The lowest BCUT2D eigenvalue weighted by atomic mass is 10.0. The average Bonchev–Trinajstić information content (AvgIpc) is 3.25. The molecule has 5 heteroatoms. The Morgan fingerprint density at radius 2 is 1.87 bits per heavy atom. The number of halogens is 1. The van der Waals surface area contributed by atoms with E-state index in [-0.39, 0.29) is 0 Å². The molecule has 2 N–H and O–H groups in total. The zero-order valence-corrected chi connectivity index (χ0v) is 18.7. The van der Waals surface area contributed by atoms with Gasteiger partial charge >= 0.3 is 0 Å². The van der Waals surface area contributed by atoms with Crippen molar-refractivity contribution in [3.8, 4) is 0 Å². The molecule has 164 valence electrons. The van der Waals surface area contributed by atoms with Gasteiger partial charge < -0.3 is 10.3 Å². The van der Waals surface area contributed by atoms with E-state index in [0.717, 1.165) is 38.0 Å². The van der Waals surface area contributed by atoms with Crippen LogP contribution in [0.5, 0.6) is 0 Å². The fraction of sp³-hybridized carbons (Fsp3) is 0.423. The number of hydrogen-bond donors (Lipinski definition) is 1. The maximum atomic E-state index is 14.1. The van der Waals surface area contributed by atoms with Crippen LogP contribution in [-0.2, 0) is 13.0 Å². The van der Waals surface area contributed by atoms with E-state index in [1.54, 1.807) is 26.0 Å². The number of fused-ring (bicyclic) bond motifs is 1. The number of carbonyl (C=O) groups excluding carboxylic acids is 1. The molecule has 1 saturated heterocycles. The number of carbonyl (C=O) groups is 1. The van der Waals surface area contributed by atoms with Gasteiger partial charge in [-0.3, -0.25) is 9.69 Å². The molecule has 1 aromatic heterocycles. The normalized spacial score (nSPS) is 17.5. The number of primary amides is 1. The van der Waals surface area contributed by atoms with Crippen molar-refractivity contribution in [2.75, 3.05) is 19.6 Å². The van der Waals surface area contributed by atoms with Gasteiger partial charge in [-0.25, -0.2) is 4.39 Å². The van der Waals surface area contributed by atoms with Crippen molar-refractivity contribution in [1.82, 2.24) is 9.47 Å². The number of rotatable bonds is 7. The first-order chi connectivity index (χ1) is 14.7. The Kier molecular flexibility index (Phi) is 5.89. The van der Waals surface area contributed by atoms with E-state index in [9.17, 15) is 9.18 Å². The van der Waals surface area contributed by atoms with Gasteiger partial charge in [0.1, 0.15) is 5.67 Å². The summed E-state index contributed by atoms with van der Waals surface area (Å²) in [4.78, 5) is 13.6. The van der Waals surface area contributed by atoms with Gasteiger partial charge in [-0.2, -0.15) is 0 Å². The molecule has 4 rings (SSSR count). The first kappa shape index (κ1) is 21.6. The van der Waals surface area contributed by atoms with Crippen LogP contribution in [0.15, 0.2) is 48.5 Å². The Morgan fingerprint density at radius 1 is 1.16 bits per heavy atom. The summed E-state index contributed by atoms with van der Waals surface area (Å²) in [5.74, 6) is 0.126. The number of amides is 1. The summed E-state index contributed by atoms with van der Waals surface area (Å²) >= 11 is 0. The van der Waals surface area contributed by atoms with Crippen LogP contribution in [-0.4, -0.2) is 40.7 Å². The third kappa shape index (κ3) is 4.82.